The van der Waals surface area contributed by atoms with Gasteiger partial charge in [0.25, 0.3) is 5.91 Å². The summed E-state index contributed by atoms with van der Waals surface area (Å²) in [6, 6.07) is 6.26. The number of anilines is 1. The zero-order chi connectivity index (χ0) is 13.8. The van der Waals surface area contributed by atoms with Gasteiger partial charge < -0.3 is 5.32 Å². The van der Waals surface area contributed by atoms with Gasteiger partial charge in [0.15, 0.2) is 0 Å². The molecule has 4 heteroatoms. The highest BCUT2D eigenvalue weighted by molar-refractivity contribution is 7.10. The van der Waals surface area contributed by atoms with Crippen LogP contribution in [0.3, 0.4) is 0 Å². The number of rotatable bonds is 4. The number of hydrogen-bond acceptors (Lipinski definition) is 2. The Bertz CT molecular complexity index is 592. The van der Waals surface area contributed by atoms with Gasteiger partial charge in [0, 0.05) is 15.9 Å². The second-order valence-corrected chi connectivity index (χ2v) is 5.46. The molecule has 0 radical (unpaired) electrons. The van der Waals surface area contributed by atoms with Crippen LogP contribution in [-0.4, -0.2) is 5.91 Å². The van der Waals surface area contributed by atoms with E-state index in [1.54, 1.807) is 24.3 Å². The topological polar surface area (TPSA) is 29.1 Å². The lowest BCUT2D eigenvalue weighted by Crippen LogP contribution is -2.11. The van der Waals surface area contributed by atoms with Gasteiger partial charge in [-0.2, -0.15) is 0 Å². The van der Waals surface area contributed by atoms with E-state index in [4.69, 9.17) is 0 Å². The Morgan fingerprint density at radius 2 is 2.16 bits per heavy atom. The first-order chi connectivity index (χ1) is 9.10. The monoisotopic (exact) mass is 277 g/mol. The second kappa shape index (κ2) is 5.97. The third-order valence-corrected chi connectivity index (χ3v) is 3.85. The van der Waals surface area contributed by atoms with E-state index in [-0.39, 0.29) is 11.7 Å². The zero-order valence-corrected chi connectivity index (χ0v) is 11.8. The first-order valence-corrected chi connectivity index (χ1v) is 7.13. The molecule has 2 aromatic rings. The van der Waals surface area contributed by atoms with Gasteiger partial charge in [-0.3, -0.25) is 4.79 Å². The minimum atomic E-state index is -0.295. The SMILES string of the molecule is CCCc1cc(C(=O)Nc2ccc(F)cc2C)cs1. The highest BCUT2D eigenvalue weighted by Gasteiger charge is 2.10. The number of carbonyl (C=O) groups excluding carboxylic acids is 1. The minimum Gasteiger partial charge on any atom is -0.322 e. The molecule has 0 aliphatic rings. The summed E-state index contributed by atoms with van der Waals surface area (Å²) < 4.78 is 13.0. The molecule has 1 heterocycles. The molecule has 0 atom stereocenters. The van der Waals surface area contributed by atoms with Crippen molar-refractivity contribution in [3.63, 3.8) is 0 Å². The Morgan fingerprint density at radius 3 is 2.84 bits per heavy atom. The molecule has 2 nitrogen and oxygen atoms in total. The molecule has 0 unspecified atom stereocenters. The maximum atomic E-state index is 13.0. The molecule has 0 aliphatic heterocycles. The van der Waals surface area contributed by atoms with E-state index in [0.717, 1.165) is 18.4 Å². The van der Waals surface area contributed by atoms with Crippen LogP contribution in [0.15, 0.2) is 29.6 Å². The average Bonchev–Trinajstić information content (AvgIpc) is 2.82. The van der Waals surface area contributed by atoms with Crippen molar-refractivity contribution in [2.24, 2.45) is 0 Å². The Morgan fingerprint density at radius 1 is 1.37 bits per heavy atom. The standard InChI is InChI=1S/C15H16FNOS/c1-3-4-13-8-11(9-19-13)15(18)17-14-6-5-12(16)7-10(14)2/h5-9H,3-4H2,1-2H3,(H,17,18). The predicted molar refractivity (Wildman–Crippen MR) is 77.4 cm³/mol. The van der Waals surface area contributed by atoms with Crippen molar-refractivity contribution >= 4 is 22.9 Å². The van der Waals surface area contributed by atoms with Crippen molar-refractivity contribution in [2.45, 2.75) is 26.7 Å². The third-order valence-electron chi connectivity index (χ3n) is 2.85. The number of halogens is 1. The van der Waals surface area contributed by atoms with E-state index in [2.05, 4.69) is 12.2 Å². The molecule has 1 aromatic carbocycles. The molecule has 1 amide bonds. The average molecular weight is 277 g/mol. The lowest BCUT2D eigenvalue weighted by molar-refractivity contribution is 0.102. The van der Waals surface area contributed by atoms with Crippen molar-refractivity contribution in [3.8, 4) is 0 Å². The molecular weight excluding hydrogens is 261 g/mol. The Kier molecular flexibility index (Phi) is 4.32. The summed E-state index contributed by atoms with van der Waals surface area (Å²) in [6.45, 7) is 3.89. The van der Waals surface area contributed by atoms with Gasteiger partial charge in [-0.1, -0.05) is 13.3 Å². The van der Waals surface area contributed by atoms with Crippen molar-refractivity contribution in [1.82, 2.24) is 0 Å². The Hall–Kier alpha value is -1.68. The van der Waals surface area contributed by atoms with Crippen LogP contribution in [0.4, 0.5) is 10.1 Å². The van der Waals surface area contributed by atoms with Crippen LogP contribution in [0.2, 0.25) is 0 Å². The summed E-state index contributed by atoms with van der Waals surface area (Å²) in [6.07, 6.45) is 2.06. The van der Waals surface area contributed by atoms with Crippen LogP contribution >= 0.6 is 11.3 Å². The zero-order valence-electron chi connectivity index (χ0n) is 11.0. The van der Waals surface area contributed by atoms with Gasteiger partial charge in [0.1, 0.15) is 5.82 Å². The summed E-state index contributed by atoms with van der Waals surface area (Å²) in [5.41, 5.74) is 2.03. The van der Waals surface area contributed by atoms with Gasteiger partial charge in [0.2, 0.25) is 0 Å². The highest BCUT2D eigenvalue weighted by Crippen LogP contribution is 2.20. The number of aryl methyl sites for hydroxylation is 2. The number of nitrogens with one attached hydrogen (secondary N) is 1. The fourth-order valence-electron chi connectivity index (χ4n) is 1.84. The third kappa shape index (κ3) is 3.41. The fourth-order valence-corrected chi connectivity index (χ4v) is 2.81. The summed E-state index contributed by atoms with van der Waals surface area (Å²) in [5.74, 6) is -0.440. The van der Waals surface area contributed by atoms with E-state index < -0.39 is 0 Å². The number of hydrogen-bond donors (Lipinski definition) is 1. The number of benzene rings is 1. The first-order valence-electron chi connectivity index (χ1n) is 6.25. The minimum absolute atomic E-state index is 0.145. The molecule has 2 rings (SSSR count). The van der Waals surface area contributed by atoms with Gasteiger partial charge in [0.05, 0.1) is 5.56 Å². The Labute approximate surface area is 116 Å². The largest absolute Gasteiger partial charge is 0.322 e. The number of carbonyl (C=O) groups is 1. The van der Waals surface area contributed by atoms with E-state index in [1.807, 2.05) is 11.4 Å². The predicted octanol–water partition coefficient (Wildman–Crippen LogP) is 4.40. The van der Waals surface area contributed by atoms with Crippen molar-refractivity contribution < 1.29 is 9.18 Å². The summed E-state index contributed by atoms with van der Waals surface area (Å²) in [5, 5.41) is 4.67. The van der Waals surface area contributed by atoms with E-state index in [1.165, 1.54) is 17.0 Å². The van der Waals surface area contributed by atoms with Gasteiger partial charge >= 0.3 is 0 Å². The lowest BCUT2D eigenvalue weighted by atomic mass is 10.2. The van der Waals surface area contributed by atoms with Gasteiger partial charge in [-0.15, -0.1) is 11.3 Å². The Balaban J connectivity index is 2.11. The van der Waals surface area contributed by atoms with Crippen LogP contribution in [0.5, 0.6) is 0 Å². The molecule has 1 N–H and O–H groups in total. The summed E-state index contributed by atoms with van der Waals surface area (Å²) in [7, 11) is 0. The molecule has 0 saturated heterocycles. The van der Waals surface area contributed by atoms with E-state index >= 15 is 0 Å². The van der Waals surface area contributed by atoms with Crippen LogP contribution in [0.1, 0.15) is 34.1 Å². The molecule has 1 aromatic heterocycles. The normalized spacial score (nSPS) is 10.5. The second-order valence-electron chi connectivity index (χ2n) is 4.47. The summed E-state index contributed by atoms with van der Waals surface area (Å²) in [4.78, 5) is 13.3. The molecule has 100 valence electrons. The summed E-state index contributed by atoms with van der Waals surface area (Å²) >= 11 is 1.60. The molecule has 0 fully saturated rings. The molecule has 19 heavy (non-hydrogen) atoms. The van der Waals surface area contributed by atoms with Crippen LogP contribution in [0.25, 0.3) is 0 Å². The fraction of sp³-hybridized carbons (Fsp3) is 0.267. The van der Waals surface area contributed by atoms with Crippen LogP contribution in [0, 0.1) is 12.7 Å². The highest BCUT2D eigenvalue weighted by atomic mass is 32.1. The molecule has 0 bridgehead atoms. The van der Waals surface area contributed by atoms with Gasteiger partial charge in [-0.05, 0) is 43.2 Å². The van der Waals surface area contributed by atoms with Crippen LogP contribution < -0.4 is 5.32 Å². The lowest BCUT2D eigenvalue weighted by Gasteiger charge is -2.07. The van der Waals surface area contributed by atoms with E-state index in [0.29, 0.717) is 11.3 Å². The quantitative estimate of drug-likeness (QED) is 0.881. The molecule has 0 aliphatic carbocycles. The number of amides is 1. The smallest absolute Gasteiger partial charge is 0.256 e. The number of thiophene rings is 1. The van der Waals surface area contributed by atoms with E-state index in [9.17, 15) is 9.18 Å². The van der Waals surface area contributed by atoms with Crippen molar-refractivity contribution in [3.05, 3.63) is 51.5 Å². The van der Waals surface area contributed by atoms with Crippen molar-refractivity contribution in [1.29, 1.82) is 0 Å². The van der Waals surface area contributed by atoms with Crippen molar-refractivity contribution in [2.75, 3.05) is 5.32 Å². The molecule has 0 spiro atoms. The maximum Gasteiger partial charge on any atom is 0.256 e. The molecular formula is C15H16FNOS. The maximum absolute atomic E-state index is 13.0. The molecule has 0 saturated carbocycles. The first kappa shape index (κ1) is 13.7. The van der Waals surface area contributed by atoms with Crippen LogP contribution in [-0.2, 0) is 6.42 Å². The van der Waals surface area contributed by atoms with Gasteiger partial charge in [-0.25, -0.2) is 4.39 Å².